The molecule has 0 bridgehead atoms. The van der Waals surface area contributed by atoms with Crippen LogP contribution in [0.3, 0.4) is 0 Å². The van der Waals surface area contributed by atoms with E-state index in [1.54, 1.807) is 6.20 Å². The molecule has 1 saturated heterocycles. The number of hydrogen-bond acceptors (Lipinski definition) is 5. The zero-order valence-electron chi connectivity index (χ0n) is 16.2. The number of rotatable bonds is 7. The summed E-state index contributed by atoms with van der Waals surface area (Å²) in [6.45, 7) is 1.65. The number of aliphatic hydroxyl groups is 1. The number of amides is 2. The quantitative estimate of drug-likeness (QED) is 0.439. The molecule has 0 aliphatic carbocycles. The van der Waals surface area contributed by atoms with Crippen LogP contribution in [-0.2, 0) is 20.8 Å². The number of nitrogens with one attached hydrogen (secondary N) is 2. The Balaban J connectivity index is 1.69. The third kappa shape index (κ3) is 4.41. The van der Waals surface area contributed by atoms with E-state index in [0.29, 0.717) is 12.8 Å². The third-order valence-corrected chi connectivity index (χ3v) is 5.32. The maximum atomic E-state index is 12.8. The molecule has 1 aliphatic rings. The zero-order valence-corrected chi connectivity index (χ0v) is 16.2. The van der Waals surface area contributed by atoms with Gasteiger partial charge in [-0.15, -0.1) is 0 Å². The van der Waals surface area contributed by atoms with Gasteiger partial charge >= 0.3 is 5.97 Å². The molecule has 9 heteroatoms. The molecule has 1 fully saturated rings. The van der Waals surface area contributed by atoms with Crippen LogP contribution in [-0.4, -0.2) is 68.7 Å². The van der Waals surface area contributed by atoms with E-state index < -0.39 is 42.0 Å². The average Bonchev–Trinajstić information content (AvgIpc) is 3.33. The molecule has 2 heterocycles. The van der Waals surface area contributed by atoms with Gasteiger partial charge in [-0.2, -0.15) is 0 Å². The van der Waals surface area contributed by atoms with E-state index in [4.69, 9.17) is 5.73 Å². The number of aliphatic hydroxyl groups excluding tert-OH is 1. The van der Waals surface area contributed by atoms with Crippen LogP contribution in [0, 0.1) is 0 Å². The number of nitrogens with two attached hydrogens (primary N) is 1. The number of likely N-dealkylation sites (tertiary alicyclic amines) is 1. The van der Waals surface area contributed by atoms with E-state index in [9.17, 15) is 24.6 Å². The lowest BCUT2D eigenvalue weighted by molar-refractivity contribution is -0.150. The van der Waals surface area contributed by atoms with Crippen LogP contribution in [0.5, 0.6) is 0 Å². The molecule has 4 atom stereocenters. The second kappa shape index (κ2) is 8.62. The smallest absolute Gasteiger partial charge is 0.326 e. The second-order valence-electron chi connectivity index (χ2n) is 7.42. The second-order valence-corrected chi connectivity index (χ2v) is 7.42. The van der Waals surface area contributed by atoms with Gasteiger partial charge in [0.15, 0.2) is 0 Å². The molecule has 1 aromatic carbocycles. The fourth-order valence-electron chi connectivity index (χ4n) is 3.74. The van der Waals surface area contributed by atoms with Crippen molar-refractivity contribution in [2.45, 2.75) is 50.4 Å². The monoisotopic (exact) mass is 402 g/mol. The van der Waals surface area contributed by atoms with Gasteiger partial charge in [0.2, 0.25) is 11.8 Å². The molecule has 156 valence electrons. The number of para-hydroxylation sites is 1. The molecular weight excluding hydrogens is 376 g/mol. The van der Waals surface area contributed by atoms with Crippen LogP contribution in [0.25, 0.3) is 10.9 Å². The molecule has 6 N–H and O–H groups in total. The highest BCUT2D eigenvalue weighted by molar-refractivity contribution is 5.93. The van der Waals surface area contributed by atoms with E-state index in [1.807, 2.05) is 24.3 Å². The Morgan fingerprint density at radius 2 is 2.07 bits per heavy atom. The number of aliphatic carboxylic acids is 1. The summed E-state index contributed by atoms with van der Waals surface area (Å²) in [6.07, 6.45) is 1.75. The standard InChI is InChI=1S/C20H26N4O5/c1-11(25)17(19(27)24-8-4-7-16(24)20(28)29)23-18(26)14(21)9-12-10-22-15-6-3-2-5-13(12)15/h2-3,5-6,10-11,14,16-17,22,25H,4,7-9,21H2,1H3,(H,23,26)(H,28,29)/t11-,14+,16-,17+/m1/s1. The highest BCUT2D eigenvalue weighted by atomic mass is 16.4. The third-order valence-electron chi connectivity index (χ3n) is 5.32. The number of carbonyl (C=O) groups is 3. The lowest BCUT2D eigenvalue weighted by Crippen LogP contribution is -2.58. The molecule has 1 aromatic heterocycles. The van der Waals surface area contributed by atoms with Gasteiger partial charge < -0.3 is 31.1 Å². The number of hydrogen-bond donors (Lipinski definition) is 5. The lowest BCUT2D eigenvalue weighted by Gasteiger charge is -2.29. The Labute approximate surface area is 167 Å². The van der Waals surface area contributed by atoms with Gasteiger partial charge in [0.05, 0.1) is 12.1 Å². The molecule has 2 aromatic rings. The summed E-state index contributed by atoms with van der Waals surface area (Å²) in [5.74, 6) is -2.29. The van der Waals surface area contributed by atoms with Gasteiger partial charge in [0, 0.05) is 23.6 Å². The molecule has 29 heavy (non-hydrogen) atoms. The average molecular weight is 402 g/mol. The maximum Gasteiger partial charge on any atom is 0.326 e. The number of aromatic amines is 1. The van der Waals surface area contributed by atoms with Gasteiger partial charge in [0.1, 0.15) is 12.1 Å². The Hall–Kier alpha value is -2.91. The molecule has 0 spiro atoms. The summed E-state index contributed by atoms with van der Waals surface area (Å²) in [5, 5.41) is 22.8. The van der Waals surface area contributed by atoms with Crippen molar-refractivity contribution in [2.75, 3.05) is 6.54 Å². The number of benzene rings is 1. The van der Waals surface area contributed by atoms with E-state index in [2.05, 4.69) is 10.3 Å². The summed E-state index contributed by atoms with van der Waals surface area (Å²) in [6, 6.07) is 4.50. The Kier molecular flexibility index (Phi) is 6.19. The molecule has 0 radical (unpaired) electrons. The minimum Gasteiger partial charge on any atom is -0.480 e. The van der Waals surface area contributed by atoms with Crippen LogP contribution in [0.2, 0.25) is 0 Å². The van der Waals surface area contributed by atoms with E-state index in [1.165, 1.54) is 11.8 Å². The normalized spacial score (nSPS) is 19.7. The number of carboxylic acid groups (broad SMARTS) is 1. The van der Waals surface area contributed by atoms with Gasteiger partial charge in [-0.25, -0.2) is 4.79 Å². The first-order valence-electron chi connectivity index (χ1n) is 9.62. The first-order chi connectivity index (χ1) is 13.8. The number of carboxylic acids is 1. The van der Waals surface area contributed by atoms with Gasteiger partial charge in [-0.05, 0) is 37.8 Å². The largest absolute Gasteiger partial charge is 0.480 e. The predicted octanol–water partition coefficient (Wildman–Crippen LogP) is -0.0211. The van der Waals surface area contributed by atoms with Crippen LogP contribution >= 0.6 is 0 Å². The zero-order chi connectivity index (χ0) is 21.1. The number of aromatic nitrogens is 1. The first kappa shape index (κ1) is 20.8. The van der Waals surface area contributed by atoms with Gasteiger partial charge in [-0.3, -0.25) is 9.59 Å². The predicted molar refractivity (Wildman–Crippen MR) is 106 cm³/mol. The van der Waals surface area contributed by atoms with E-state index >= 15 is 0 Å². The molecule has 0 saturated carbocycles. The molecule has 3 rings (SSSR count). The van der Waals surface area contributed by atoms with Crippen molar-refractivity contribution in [2.24, 2.45) is 5.73 Å². The summed E-state index contributed by atoms with van der Waals surface area (Å²) >= 11 is 0. The highest BCUT2D eigenvalue weighted by Gasteiger charge is 2.39. The van der Waals surface area contributed by atoms with Crippen molar-refractivity contribution in [1.29, 1.82) is 0 Å². The summed E-state index contributed by atoms with van der Waals surface area (Å²) < 4.78 is 0. The van der Waals surface area contributed by atoms with Gasteiger partial charge in [-0.1, -0.05) is 18.2 Å². The fraction of sp³-hybridized carbons (Fsp3) is 0.450. The van der Waals surface area contributed by atoms with Crippen LogP contribution < -0.4 is 11.1 Å². The van der Waals surface area contributed by atoms with Crippen LogP contribution in [0.15, 0.2) is 30.5 Å². The van der Waals surface area contributed by atoms with Crippen molar-refractivity contribution < 1.29 is 24.6 Å². The maximum absolute atomic E-state index is 12.8. The van der Waals surface area contributed by atoms with Crippen molar-refractivity contribution in [1.82, 2.24) is 15.2 Å². The molecular formula is C20H26N4O5. The van der Waals surface area contributed by atoms with E-state index in [0.717, 1.165) is 16.5 Å². The Morgan fingerprint density at radius 1 is 1.34 bits per heavy atom. The minimum atomic E-state index is -1.25. The fourth-order valence-corrected chi connectivity index (χ4v) is 3.74. The lowest BCUT2D eigenvalue weighted by atomic mass is 10.0. The van der Waals surface area contributed by atoms with E-state index in [-0.39, 0.29) is 13.0 Å². The van der Waals surface area contributed by atoms with Crippen molar-refractivity contribution in [3.05, 3.63) is 36.0 Å². The topological polar surface area (TPSA) is 149 Å². The Bertz CT molecular complexity index is 909. The number of H-pyrrole nitrogens is 1. The first-order valence-corrected chi connectivity index (χ1v) is 9.62. The number of carbonyl (C=O) groups excluding carboxylic acids is 2. The number of nitrogens with zero attached hydrogens (tertiary/aromatic N) is 1. The van der Waals surface area contributed by atoms with Crippen molar-refractivity contribution >= 4 is 28.7 Å². The van der Waals surface area contributed by atoms with Crippen molar-refractivity contribution in [3.8, 4) is 0 Å². The SMILES string of the molecule is C[C@@H](O)[C@H](NC(=O)[C@@H](N)Cc1c[nH]c2ccccc12)C(=O)N1CCC[C@@H]1C(=O)O. The summed E-state index contributed by atoms with van der Waals surface area (Å²) in [7, 11) is 0. The van der Waals surface area contributed by atoms with Crippen LogP contribution in [0.1, 0.15) is 25.3 Å². The summed E-state index contributed by atoms with van der Waals surface area (Å²) in [5.41, 5.74) is 7.85. The Morgan fingerprint density at radius 3 is 2.76 bits per heavy atom. The molecule has 2 amide bonds. The molecule has 9 nitrogen and oxygen atoms in total. The molecule has 1 aliphatic heterocycles. The van der Waals surface area contributed by atoms with Gasteiger partial charge in [0.25, 0.3) is 0 Å². The summed E-state index contributed by atoms with van der Waals surface area (Å²) in [4.78, 5) is 41.1. The van der Waals surface area contributed by atoms with Crippen molar-refractivity contribution in [3.63, 3.8) is 0 Å². The highest BCUT2D eigenvalue weighted by Crippen LogP contribution is 2.20. The molecule has 0 unspecified atom stereocenters. The van der Waals surface area contributed by atoms with Crippen LogP contribution in [0.4, 0.5) is 0 Å². The minimum absolute atomic E-state index is 0.248. The number of fused-ring (bicyclic) bond motifs is 1.